The lowest BCUT2D eigenvalue weighted by molar-refractivity contribution is -0.136. The molecule has 9 nitrogen and oxygen atoms in total. The molecular formula is C12H11F3N4O5S. The molecule has 1 heterocycles. The number of aryl methyl sites for hydroxylation is 1. The molecule has 0 fully saturated rings. The maximum atomic E-state index is 13.2. The minimum Gasteiger partial charge on any atom is -0.360 e. The smallest absolute Gasteiger partial charge is 0.360 e. The van der Waals surface area contributed by atoms with Gasteiger partial charge < -0.3 is 19.9 Å². The van der Waals surface area contributed by atoms with Gasteiger partial charge in [-0.05, 0) is 18.2 Å². The standard InChI is InChI=1S/C12H11F3N4O5S/c1-19-8(11(20)17-5-18-16)4-6-7(12(13,14)15)2-3-9(10(6)19)24-25(21,22)23/h2-5H,16H2,1H3,(H,17,18,20)(H,21,22,23). The molecule has 25 heavy (non-hydrogen) atoms. The number of benzene rings is 1. The van der Waals surface area contributed by atoms with Crippen LogP contribution in [0.25, 0.3) is 10.9 Å². The molecule has 2 aromatic rings. The number of carbonyl (C=O) groups is 1. The summed E-state index contributed by atoms with van der Waals surface area (Å²) in [5, 5.41) is 4.64. The monoisotopic (exact) mass is 380 g/mol. The van der Waals surface area contributed by atoms with E-state index >= 15 is 0 Å². The van der Waals surface area contributed by atoms with E-state index in [4.69, 9.17) is 10.4 Å². The number of hydrogen-bond acceptors (Lipinski definition) is 6. The molecule has 0 aliphatic rings. The quantitative estimate of drug-likeness (QED) is 0.238. The molecule has 0 bridgehead atoms. The molecule has 1 aromatic carbocycles. The van der Waals surface area contributed by atoms with Gasteiger partial charge in [0.2, 0.25) is 0 Å². The minimum absolute atomic E-state index is 0.258. The highest BCUT2D eigenvalue weighted by Gasteiger charge is 2.35. The van der Waals surface area contributed by atoms with E-state index in [0.29, 0.717) is 6.07 Å². The van der Waals surface area contributed by atoms with Crippen LogP contribution in [0, 0.1) is 0 Å². The van der Waals surface area contributed by atoms with Crippen molar-refractivity contribution in [3.8, 4) is 5.75 Å². The van der Waals surface area contributed by atoms with Gasteiger partial charge in [0.1, 0.15) is 12.0 Å². The van der Waals surface area contributed by atoms with Crippen LogP contribution in [-0.2, 0) is 23.6 Å². The number of fused-ring (bicyclic) bond motifs is 1. The van der Waals surface area contributed by atoms with Crippen molar-refractivity contribution < 1.29 is 35.1 Å². The Kier molecular flexibility index (Phi) is 4.64. The number of carbonyl (C=O) groups excluding carboxylic acids is 1. The predicted octanol–water partition coefficient (Wildman–Crippen LogP) is 1.01. The number of nitrogens with zero attached hydrogens (tertiary/aromatic N) is 2. The van der Waals surface area contributed by atoms with E-state index in [-0.39, 0.29) is 11.2 Å². The first-order valence-corrected chi connectivity index (χ1v) is 7.71. The summed E-state index contributed by atoms with van der Waals surface area (Å²) in [6, 6.07) is 2.20. The summed E-state index contributed by atoms with van der Waals surface area (Å²) in [5.41, 5.74) is -1.73. The Hall–Kier alpha value is -2.80. The predicted molar refractivity (Wildman–Crippen MR) is 80.2 cm³/mol. The van der Waals surface area contributed by atoms with E-state index in [9.17, 15) is 26.4 Å². The number of hydrazone groups is 1. The Balaban J connectivity index is 2.78. The molecule has 13 heteroatoms. The summed E-state index contributed by atoms with van der Waals surface area (Å²) in [7, 11) is -3.78. The van der Waals surface area contributed by atoms with Crippen LogP contribution in [0.2, 0.25) is 0 Å². The van der Waals surface area contributed by atoms with Gasteiger partial charge in [-0.2, -0.15) is 26.7 Å². The van der Waals surface area contributed by atoms with Crippen LogP contribution >= 0.6 is 0 Å². The fraction of sp³-hybridized carbons (Fsp3) is 0.167. The molecule has 2 rings (SSSR count). The van der Waals surface area contributed by atoms with Crippen LogP contribution in [0.5, 0.6) is 5.75 Å². The Morgan fingerprint density at radius 1 is 1.44 bits per heavy atom. The number of nitrogens with two attached hydrogens (primary N) is 1. The van der Waals surface area contributed by atoms with Crippen molar-refractivity contribution in [1.82, 2.24) is 9.88 Å². The maximum absolute atomic E-state index is 13.2. The molecular weight excluding hydrogens is 369 g/mol. The van der Waals surface area contributed by atoms with E-state index in [1.807, 2.05) is 0 Å². The molecule has 0 saturated carbocycles. The summed E-state index contributed by atoms with van der Waals surface area (Å²) in [6.07, 6.45) is -3.96. The number of halogens is 3. The fourth-order valence-corrected chi connectivity index (χ4v) is 2.61. The van der Waals surface area contributed by atoms with Crippen LogP contribution in [0.4, 0.5) is 13.2 Å². The third kappa shape index (κ3) is 3.83. The van der Waals surface area contributed by atoms with Gasteiger partial charge >= 0.3 is 16.6 Å². The molecule has 1 amide bonds. The molecule has 0 aliphatic heterocycles. The molecule has 1 aromatic heterocycles. The highest BCUT2D eigenvalue weighted by molar-refractivity contribution is 7.81. The highest BCUT2D eigenvalue weighted by atomic mass is 32.3. The molecule has 4 N–H and O–H groups in total. The number of amides is 1. The van der Waals surface area contributed by atoms with Crippen molar-refractivity contribution in [1.29, 1.82) is 0 Å². The molecule has 0 aliphatic carbocycles. The van der Waals surface area contributed by atoms with Gasteiger partial charge in [-0.1, -0.05) is 0 Å². The zero-order valence-corrected chi connectivity index (χ0v) is 13.2. The van der Waals surface area contributed by atoms with Gasteiger partial charge in [-0.3, -0.25) is 9.35 Å². The van der Waals surface area contributed by atoms with Crippen molar-refractivity contribution in [2.24, 2.45) is 18.0 Å². The SMILES string of the molecule is Cn1c(C(=O)N/C=N/N)cc2c(C(F)(F)F)ccc(OS(=O)(=O)O)c21. The molecule has 0 unspecified atom stereocenters. The normalized spacial score (nSPS) is 12.7. The lowest BCUT2D eigenvalue weighted by Crippen LogP contribution is -2.24. The Labute approximate surface area is 138 Å². The maximum Gasteiger partial charge on any atom is 0.446 e. The average molecular weight is 380 g/mol. The summed E-state index contributed by atoms with van der Waals surface area (Å²) >= 11 is 0. The third-order valence-corrected chi connectivity index (χ3v) is 3.55. The van der Waals surface area contributed by atoms with Gasteiger partial charge in [0.25, 0.3) is 5.91 Å². The first kappa shape index (κ1) is 18.5. The van der Waals surface area contributed by atoms with Crippen LogP contribution in [-0.4, -0.2) is 29.8 Å². The zero-order chi connectivity index (χ0) is 19.0. The first-order chi connectivity index (χ1) is 11.5. The van der Waals surface area contributed by atoms with Crippen molar-refractivity contribution in [2.75, 3.05) is 0 Å². The second-order valence-electron chi connectivity index (χ2n) is 4.72. The van der Waals surface area contributed by atoms with Crippen LogP contribution in [0.15, 0.2) is 23.3 Å². The van der Waals surface area contributed by atoms with E-state index < -0.39 is 39.2 Å². The van der Waals surface area contributed by atoms with Crippen molar-refractivity contribution in [3.63, 3.8) is 0 Å². The van der Waals surface area contributed by atoms with Crippen LogP contribution in [0.3, 0.4) is 0 Å². The first-order valence-electron chi connectivity index (χ1n) is 6.35. The Bertz CT molecular complexity index is 965. The topological polar surface area (TPSA) is 136 Å². The summed E-state index contributed by atoms with van der Waals surface area (Å²) in [6.45, 7) is 0. The van der Waals surface area contributed by atoms with E-state index in [1.165, 1.54) is 7.05 Å². The van der Waals surface area contributed by atoms with Crippen molar-refractivity contribution in [2.45, 2.75) is 6.18 Å². The molecule has 0 atom stereocenters. The summed E-state index contributed by atoms with van der Waals surface area (Å²) in [5.74, 6) is 3.40. The number of hydrogen-bond donors (Lipinski definition) is 3. The molecule has 0 spiro atoms. The molecule has 0 saturated heterocycles. The minimum atomic E-state index is -4.99. The summed E-state index contributed by atoms with van der Waals surface area (Å²) in [4.78, 5) is 12.0. The lowest BCUT2D eigenvalue weighted by atomic mass is 10.1. The van der Waals surface area contributed by atoms with Gasteiger partial charge in [-0.25, -0.2) is 0 Å². The van der Waals surface area contributed by atoms with E-state index in [1.54, 1.807) is 0 Å². The Morgan fingerprint density at radius 2 is 2.08 bits per heavy atom. The second-order valence-corrected chi connectivity index (χ2v) is 5.74. The van der Waals surface area contributed by atoms with Gasteiger partial charge in [0, 0.05) is 12.4 Å². The van der Waals surface area contributed by atoms with Gasteiger partial charge in [-0.15, -0.1) is 0 Å². The van der Waals surface area contributed by atoms with Crippen LogP contribution in [0.1, 0.15) is 16.1 Å². The fourth-order valence-electron chi connectivity index (χ4n) is 2.25. The summed E-state index contributed by atoms with van der Waals surface area (Å²) < 4.78 is 75.4. The number of nitrogens with one attached hydrogen (secondary N) is 1. The highest BCUT2D eigenvalue weighted by Crippen LogP contribution is 2.39. The second kappa shape index (κ2) is 6.25. The number of alkyl halides is 3. The zero-order valence-electron chi connectivity index (χ0n) is 12.4. The largest absolute Gasteiger partial charge is 0.446 e. The molecule has 136 valence electrons. The number of rotatable bonds is 4. The average Bonchev–Trinajstić information content (AvgIpc) is 2.80. The lowest BCUT2D eigenvalue weighted by Gasteiger charge is -2.11. The van der Waals surface area contributed by atoms with Crippen LogP contribution < -0.4 is 15.3 Å². The Morgan fingerprint density at radius 3 is 2.60 bits per heavy atom. The van der Waals surface area contributed by atoms with E-state index in [2.05, 4.69) is 14.6 Å². The van der Waals surface area contributed by atoms with Crippen molar-refractivity contribution in [3.05, 3.63) is 29.5 Å². The third-order valence-electron chi connectivity index (χ3n) is 3.16. The van der Waals surface area contributed by atoms with Gasteiger partial charge in [0.15, 0.2) is 5.75 Å². The van der Waals surface area contributed by atoms with Crippen molar-refractivity contribution >= 4 is 33.5 Å². The molecule has 0 radical (unpaired) electrons. The van der Waals surface area contributed by atoms with E-state index in [0.717, 1.165) is 23.0 Å². The number of aromatic nitrogens is 1. The van der Waals surface area contributed by atoms with Gasteiger partial charge in [0.05, 0.1) is 11.1 Å².